The number of carbonyl (C=O) groups excluding carboxylic acids is 1. The third-order valence-electron chi connectivity index (χ3n) is 2.24. The summed E-state index contributed by atoms with van der Waals surface area (Å²) < 4.78 is 1.62. The van der Waals surface area contributed by atoms with Crippen LogP contribution in [0.1, 0.15) is 23.7 Å². The van der Waals surface area contributed by atoms with Gasteiger partial charge < -0.3 is 11.1 Å². The van der Waals surface area contributed by atoms with E-state index in [9.17, 15) is 4.79 Å². The first-order chi connectivity index (χ1) is 7.74. The fourth-order valence-corrected chi connectivity index (χ4v) is 1.50. The summed E-state index contributed by atoms with van der Waals surface area (Å²) in [5, 5.41) is 5.63. The Morgan fingerprint density at radius 1 is 1.69 bits per heavy atom. The van der Waals surface area contributed by atoms with E-state index in [-0.39, 0.29) is 5.91 Å². The number of fused-ring (bicyclic) bond motifs is 1. The molecule has 0 radical (unpaired) electrons. The quantitative estimate of drug-likeness (QED) is 0.630. The second-order valence-electron chi connectivity index (χ2n) is 3.47. The highest BCUT2D eigenvalue weighted by molar-refractivity contribution is 6.03. The van der Waals surface area contributed by atoms with Crippen molar-refractivity contribution in [2.75, 3.05) is 12.3 Å². The number of hydrogen-bond acceptors (Lipinski definition) is 3. The molecule has 84 valence electrons. The van der Waals surface area contributed by atoms with Crippen molar-refractivity contribution in [3.8, 4) is 0 Å². The number of nitrogens with two attached hydrogens (primary N) is 1. The minimum absolute atomic E-state index is 0.197. The Balaban J connectivity index is 2.43. The maximum absolute atomic E-state index is 11.8. The molecule has 2 aromatic heterocycles. The molecule has 2 rings (SSSR count). The van der Waals surface area contributed by atoms with Gasteiger partial charge in [0.1, 0.15) is 12.4 Å². The van der Waals surface area contributed by atoms with E-state index in [1.54, 1.807) is 23.0 Å². The molecule has 0 aliphatic heterocycles. The molecule has 0 fully saturated rings. The Labute approximate surface area is 92.5 Å². The van der Waals surface area contributed by atoms with E-state index in [0.717, 1.165) is 6.42 Å². The van der Waals surface area contributed by atoms with Gasteiger partial charge in [0, 0.05) is 12.6 Å². The SMILES string of the molecule is CCCNC(=O)c1c(N)[nH][n+]2cccnc12. The van der Waals surface area contributed by atoms with E-state index < -0.39 is 0 Å². The number of rotatable bonds is 3. The van der Waals surface area contributed by atoms with Crippen LogP contribution in [0.25, 0.3) is 5.65 Å². The highest BCUT2D eigenvalue weighted by atomic mass is 16.1. The Hall–Kier alpha value is -2.11. The summed E-state index contributed by atoms with van der Waals surface area (Å²) >= 11 is 0. The van der Waals surface area contributed by atoms with Crippen LogP contribution in [0.4, 0.5) is 5.82 Å². The van der Waals surface area contributed by atoms with E-state index in [1.807, 2.05) is 6.92 Å². The van der Waals surface area contributed by atoms with Gasteiger partial charge in [-0.3, -0.25) is 4.79 Å². The van der Waals surface area contributed by atoms with Gasteiger partial charge in [-0.1, -0.05) is 6.92 Å². The predicted octanol–water partition coefficient (Wildman–Crippen LogP) is -0.130. The molecule has 1 amide bonds. The summed E-state index contributed by atoms with van der Waals surface area (Å²) in [6, 6.07) is 1.76. The van der Waals surface area contributed by atoms with Gasteiger partial charge in [0.2, 0.25) is 0 Å². The van der Waals surface area contributed by atoms with Crippen molar-refractivity contribution in [2.24, 2.45) is 0 Å². The van der Waals surface area contributed by atoms with Crippen molar-refractivity contribution in [3.05, 3.63) is 24.0 Å². The van der Waals surface area contributed by atoms with Gasteiger partial charge >= 0.3 is 5.65 Å². The van der Waals surface area contributed by atoms with Crippen LogP contribution in [0.3, 0.4) is 0 Å². The molecule has 0 spiro atoms. The molecular formula is C10H14N5O+. The fourth-order valence-electron chi connectivity index (χ4n) is 1.50. The molecule has 2 aromatic rings. The molecule has 0 saturated carbocycles. The Bertz CT molecular complexity index is 519. The largest absolute Gasteiger partial charge is 0.382 e. The van der Waals surface area contributed by atoms with Crippen LogP contribution in [0.15, 0.2) is 18.5 Å². The van der Waals surface area contributed by atoms with Crippen molar-refractivity contribution >= 4 is 17.4 Å². The van der Waals surface area contributed by atoms with Gasteiger partial charge in [-0.25, -0.2) is 5.10 Å². The van der Waals surface area contributed by atoms with E-state index >= 15 is 0 Å². The van der Waals surface area contributed by atoms with Crippen molar-refractivity contribution < 1.29 is 9.31 Å². The molecule has 0 bridgehead atoms. The zero-order chi connectivity index (χ0) is 11.5. The number of anilines is 1. The molecule has 2 heterocycles. The van der Waals surface area contributed by atoms with Crippen LogP contribution in [0.5, 0.6) is 0 Å². The van der Waals surface area contributed by atoms with Crippen LogP contribution >= 0.6 is 0 Å². The Morgan fingerprint density at radius 3 is 3.25 bits per heavy atom. The third kappa shape index (κ3) is 1.69. The van der Waals surface area contributed by atoms with E-state index in [2.05, 4.69) is 15.4 Å². The summed E-state index contributed by atoms with van der Waals surface area (Å²) in [6.45, 7) is 2.62. The molecule has 0 atom stereocenters. The first-order valence-corrected chi connectivity index (χ1v) is 5.16. The summed E-state index contributed by atoms with van der Waals surface area (Å²) in [5.41, 5.74) is 6.68. The van der Waals surface area contributed by atoms with Gasteiger partial charge in [0.15, 0.2) is 11.4 Å². The highest BCUT2D eigenvalue weighted by Crippen LogP contribution is 2.10. The minimum atomic E-state index is -0.197. The molecule has 4 N–H and O–H groups in total. The third-order valence-corrected chi connectivity index (χ3v) is 2.24. The highest BCUT2D eigenvalue weighted by Gasteiger charge is 2.23. The Morgan fingerprint density at radius 2 is 2.50 bits per heavy atom. The van der Waals surface area contributed by atoms with E-state index in [1.165, 1.54) is 0 Å². The Kier molecular flexibility index (Phi) is 2.72. The van der Waals surface area contributed by atoms with Crippen molar-refractivity contribution in [3.63, 3.8) is 0 Å². The number of carbonyl (C=O) groups is 1. The maximum atomic E-state index is 11.8. The van der Waals surface area contributed by atoms with Crippen molar-refractivity contribution in [1.82, 2.24) is 15.4 Å². The van der Waals surface area contributed by atoms with Crippen LogP contribution < -0.4 is 15.6 Å². The maximum Gasteiger partial charge on any atom is 0.362 e. The van der Waals surface area contributed by atoms with Crippen molar-refractivity contribution in [2.45, 2.75) is 13.3 Å². The van der Waals surface area contributed by atoms with Gasteiger partial charge in [-0.2, -0.15) is 0 Å². The lowest BCUT2D eigenvalue weighted by atomic mass is 10.3. The van der Waals surface area contributed by atoms with Gasteiger partial charge in [0.05, 0.1) is 0 Å². The molecule has 0 unspecified atom stereocenters. The molecule has 0 aliphatic rings. The number of aromatic amines is 1. The number of hydrogen-bond donors (Lipinski definition) is 3. The number of nitrogens with one attached hydrogen (secondary N) is 2. The second kappa shape index (κ2) is 4.18. The topological polar surface area (TPSA) is 87.9 Å². The smallest absolute Gasteiger partial charge is 0.362 e. The fraction of sp³-hybridized carbons (Fsp3) is 0.300. The lowest BCUT2D eigenvalue weighted by Gasteiger charge is -1.99. The molecular weight excluding hydrogens is 206 g/mol. The molecule has 16 heavy (non-hydrogen) atoms. The summed E-state index contributed by atoms with van der Waals surface area (Å²) in [6.07, 6.45) is 4.27. The molecule has 0 aliphatic carbocycles. The van der Waals surface area contributed by atoms with Crippen LogP contribution in [0, 0.1) is 0 Å². The number of nitrogens with zero attached hydrogens (tertiary/aromatic N) is 2. The van der Waals surface area contributed by atoms with Gasteiger partial charge in [-0.15, -0.1) is 4.52 Å². The normalized spacial score (nSPS) is 10.6. The summed E-state index contributed by atoms with van der Waals surface area (Å²) in [7, 11) is 0. The average molecular weight is 220 g/mol. The number of H-pyrrole nitrogens is 1. The zero-order valence-corrected chi connectivity index (χ0v) is 9.03. The van der Waals surface area contributed by atoms with Crippen LogP contribution in [-0.4, -0.2) is 22.5 Å². The standard InChI is InChI=1S/C10H13N5O/c1-2-4-13-10(16)7-8(11)14-15-6-3-5-12-9(7)15/h3,5-6H,2,4H2,1H3,(H3,11,13,14,16)/p+1. The summed E-state index contributed by atoms with van der Waals surface area (Å²) in [4.78, 5) is 16.0. The van der Waals surface area contributed by atoms with E-state index in [4.69, 9.17) is 5.73 Å². The predicted molar refractivity (Wildman–Crippen MR) is 58.8 cm³/mol. The minimum Gasteiger partial charge on any atom is -0.382 e. The van der Waals surface area contributed by atoms with Gasteiger partial charge in [0.25, 0.3) is 5.91 Å². The van der Waals surface area contributed by atoms with Gasteiger partial charge in [-0.05, 0) is 11.4 Å². The number of aromatic nitrogens is 3. The monoisotopic (exact) mass is 220 g/mol. The lowest BCUT2D eigenvalue weighted by Crippen LogP contribution is -2.27. The van der Waals surface area contributed by atoms with Crippen LogP contribution in [-0.2, 0) is 0 Å². The second-order valence-corrected chi connectivity index (χ2v) is 3.47. The first-order valence-electron chi connectivity index (χ1n) is 5.16. The summed E-state index contributed by atoms with van der Waals surface area (Å²) in [5.74, 6) is 0.129. The molecule has 0 saturated heterocycles. The van der Waals surface area contributed by atoms with Crippen LogP contribution in [0.2, 0.25) is 0 Å². The number of amides is 1. The number of nitrogen functional groups attached to an aromatic ring is 1. The van der Waals surface area contributed by atoms with E-state index in [0.29, 0.717) is 23.6 Å². The first kappa shape index (κ1) is 10.4. The zero-order valence-electron chi connectivity index (χ0n) is 9.03. The average Bonchev–Trinajstić information content (AvgIpc) is 2.62. The lowest BCUT2D eigenvalue weighted by molar-refractivity contribution is -0.577. The van der Waals surface area contributed by atoms with Crippen molar-refractivity contribution in [1.29, 1.82) is 0 Å². The molecule has 0 aromatic carbocycles. The molecule has 6 heteroatoms. The molecule has 6 nitrogen and oxygen atoms in total.